The zero-order valence-electron chi connectivity index (χ0n) is 16.7. The van der Waals surface area contributed by atoms with Crippen molar-refractivity contribution >= 4 is 67.3 Å². The van der Waals surface area contributed by atoms with E-state index >= 15 is 0 Å². The van der Waals surface area contributed by atoms with Gasteiger partial charge in [-0.15, -0.1) is 0 Å². The van der Waals surface area contributed by atoms with E-state index in [1.54, 1.807) is 48.5 Å². The molecular weight excluding hydrogens is 483 g/mol. The van der Waals surface area contributed by atoms with Crippen molar-refractivity contribution in [2.45, 2.75) is 6.04 Å². The van der Waals surface area contributed by atoms with Crippen LogP contribution in [0.25, 0.3) is 16.0 Å². The van der Waals surface area contributed by atoms with Crippen molar-refractivity contribution in [3.05, 3.63) is 93.5 Å². The molecule has 4 aromatic rings. The molecule has 3 aromatic carbocycles. The van der Waals surface area contributed by atoms with Crippen molar-refractivity contribution < 1.29 is 19.8 Å². The fourth-order valence-corrected chi connectivity index (χ4v) is 5.24. The van der Waals surface area contributed by atoms with Crippen LogP contribution in [0.15, 0.2) is 72.3 Å². The number of phenols is 1. The smallest absolute Gasteiger partial charge is 0.301 e. The molecule has 1 aliphatic rings. The Morgan fingerprint density at radius 2 is 1.70 bits per heavy atom. The highest BCUT2D eigenvalue weighted by Gasteiger charge is 2.48. The molecule has 5 rings (SSSR count). The molecule has 33 heavy (non-hydrogen) atoms. The second kappa shape index (κ2) is 8.19. The molecule has 1 atom stereocenters. The fourth-order valence-electron chi connectivity index (χ4n) is 3.78. The van der Waals surface area contributed by atoms with Crippen LogP contribution >= 0.6 is 34.5 Å². The van der Waals surface area contributed by atoms with Gasteiger partial charge in [0.1, 0.15) is 11.5 Å². The quantitative estimate of drug-likeness (QED) is 0.208. The Morgan fingerprint density at radius 3 is 2.42 bits per heavy atom. The number of aliphatic hydroxyl groups excluding tert-OH is 1. The minimum absolute atomic E-state index is 0.0279. The number of hydrogen-bond donors (Lipinski definition) is 2. The maximum Gasteiger partial charge on any atom is 0.301 e. The van der Waals surface area contributed by atoms with Gasteiger partial charge in [-0.1, -0.05) is 58.8 Å². The van der Waals surface area contributed by atoms with E-state index in [2.05, 4.69) is 4.98 Å². The molecule has 1 unspecified atom stereocenters. The summed E-state index contributed by atoms with van der Waals surface area (Å²) in [6, 6.07) is 16.7. The van der Waals surface area contributed by atoms with E-state index in [1.165, 1.54) is 34.4 Å². The van der Waals surface area contributed by atoms with Gasteiger partial charge in [0.05, 0.1) is 21.8 Å². The van der Waals surface area contributed by atoms with Crippen LogP contribution in [0, 0.1) is 0 Å². The first-order valence-electron chi connectivity index (χ1n) is 9.75. The summed E-state index contributed by atoms with van der Waals surface area (Å²) in [5, 5.41) is 22.0. The number of hydrogen-bond acceptors (Lipinski definition) is 6. The summed E-state index contributed by atoms with van der Waals surface area (Å²) in [4.78, 5) is 32.2. The van der Waals surface area contributed by atoms with E-state index < -0.39 is 17.7 Å². The topological polar surface area (TPSA) is 90.7 Å². The molecule has 0 saturated carbocycles. The van der Waals surface area contributed by atoms with Gasteiger partial charge in [-0.05, 0) is 48.0 Å². The predicted octanol–water partition coefficient (Wildman–Crippen LogP) is 5.94. The Balaban J connectivity index is 1.74. The lowest BCUT2D eigenvalue weighted by Gasteiger charge is -2.23. The number of rotatable bonds is 3. The normalized spacial score (nSPS) is 17.8. The number of amides is 1. The highest BCUT2D eigenvalue weighted by Crippen LogP contribution is 2.44. The molecule has 0 bridgehead atoms. The first kappa shape index (κ1) is 21.5. The van der Waals surface area contributed by atoms with E-state index in [4.69, 9.17) is 23.2 Å². The number of thiazole rings is 1. The number of halogens is 2. The number of aromatic hydroxyl groups is 1. The number of ketones is 1. The van der Waals surface area contributed by atoms with Gasteiger partial charge in [-0.25, -0.2) is 4.98 Å². The number of aliphatic hydroxyl groups is 1. The van der Waals surface area contributed by atoms with Gasteiger partial charge >= 0.3 is 5.91 Å². The molecule has 1 amide bonds. The van der Waals surface area contributed by atoms with Crippen LogP contribution in [-0.2, 0) is 9.59 Å². The van der Waals surface area contributed by atoms with Crippen molar-refractivity contribution in [3.8, 4) is 5.75 Å². The van der Waals surface area contributed by atoms with Gasteiger partial charge in [0, 0.05) is 15.6 Å². The highest BCUT2D eigenvalue weighted by atomic mass is 35.5. The molecule has 2 N–H and O–H groups in total. The molecule has 1 fully saturated rings. The molecule has 0 aliphatic carbocycles. The second-order valence-corrected chi connectivity index (χ2v) is 9.26. The number of Topliss-reactive ketones (excluding diaryl/α,β-unsaturated/α-hetero) is 1. The number of carbonyl (C=O) groups is 2. The Hall–Kier alpha value is -3.39. The Kier molecular flexibility index (Phi) is 5.32. The molecule has 164 valence electrons. The lowest BCUT2D eigenvalue weighted by Crippen LogP contribution is -2.29. The molecule has 1 aromatic heterocycles. The first-order chi connectivity index (χ1) is 15.8. The van der Waals surface area contributed by atoms with Crippen molar-refractivity contribution in [3.63, 3.8) is 0 Å². The van der Waals surface area contributed by atoms with Crippen molar-refractivity contribution in [1.29, 1.82) is 0 Å². The molecule has 6 nitrogen and oxygen atoms in total. The van der Waals surface area contributed by atoms with Crippen LogP contribution in [0.2, 0.25) is 10.0 Å². The molecule has 2 heterocycles. The standard InChI is InChI=1S/C24H14Cl2N2O4S/c25-14-3-1-2-13(10-14)21(30)19-20(12-4-7-16(29)8-5-12)28(23(32)22(19)31)24-27-17-9-6-15(26)11-18(17)33-24/h1-11,20,29-30H/b21-19+. The molecular formula is C24H14Cl2N2O4S. The lowest BCUT2D eigenvalue weighted by atomic mass is 9.95. The summed E-state index contributed by atoms with van der Waals surface area (Å²) in [7, 11) is 0. The number of carbonyl (C=O) groups excluding carboxylic acids is 2. The number of aromatic nitrogens is 1. The van der Waals surface area contributed by atoms with Crippen LogP contribution < -0.4 is 4.90 Å². The SMILES string of the molecule is O=C1C(=O)N(c2nc3ccc(Cl)cc3s2)C(c2ccc(O)cc2)/C1=C(\O)c1cccc(Cl)c1. The number of nitrogens with zero attached hydrogens (tertiary/aromatic N) is 2. The van der Waals surface area contributed by atoms with E-state index in [-0.39, 0.29) is 22.2 Å². The Labute approximate surface area is 201 Å². The molecule has 1 aliphatic heterocycles. The first-order valence-corrected chi connectivity index (χ1v) is 11.3. The zero-order valence-corrected chi connectivity index (χ0v) is 19.0. The summed E-state index contributed by atoms with van der Waals surface area (Å²) < 4.78 is 0.749. The maximum atomic E-state index is 13.2. The van der Waals surface area contributed by atoms with Gasteiger partial charge in [-0.2, -0.15) is 0 Å². The summed E-state index contributed by atoms with van der Waals surface area (Å²) in [5.74, 6) is -1.98. The number of phenolic OH excluding ortho intramolecular Hbond substituents is 1. The highest BCUT2D eigenvalue weighted by molar-refractivity contribution is 7.22. The van der Waals surface area contributed by atoms with E-state index in [9.17, 15) is 19.8 Å². The average Bonchev–Trinajstić information content (AvgIpc) is 3.32. The summed E-state index contributed by atoms with van der Waals surface area (Å²) in [5.41, 5.74) is 1.36. The van der Waals surface area contributed by atoms with Gasteiger partial charge in [0.2, 0.25) is 0 Å². The Bertz CT molecular complexity index is 1460. The van der Waals surface area contributed by atoms with Crippen molar-refractivity contribution in [1.82, 2.24) is 4.98 Å². The van der Waals surface area contributed by atoms with Crippen LogP contribution in [0.4, 0.5) is 5.13 Å². The largest absolute Gasteiger partial charge is 0.508 e. The molecule has 0 radical (unpaired) electrons. The van der Waals surface area contributed by atoms with Gasteiger partial charge < -0.3 is 10.2 Å². The molecule has 9 heteroatoms. The number of anilines is 1. The van der Waals surface area contributed by atoms with E-state index in [1.807, 2.05) is 0 Å². The summed E-state index contributed by atoms with van der Waals surface area (Å²) >= 11 is 13.4. The summed E-state index contributed by atoms with van der Waals surface area (Å²) in [6.45, 7) is 0. The third-order valence-electron chi connectivity index (χ3n) is 5.30. The number of benzene rings is 3. The third kappa shape index (κ3) is 3.74. The Morgan fingerprint density at radius 1 is 0.970 bits per heavy atom. The van der Waals surface area contributed by atoms with E-state index in [0.717, 1.165) is 4.70 Å². The lowest BCUT2D eigenvalue weighted by molar-refractivity contribution is -0.132. The zero-order chi connectivity index (χ0) is 23.3. The van der Waals surface area contributed by atoms with Crippen molar-refractivity contribution in [2.24, 2.45) is 0 Å². The fraction of sp³-hybridized carbons (Fsp3) is 0.0417. The van der Waals surface area contributed by atoms with Crippen LogP contribution in [-0.4, -0.2) is 26.9 Å². The second-order valence-electron chi connectivity index (χ2n) is 7.38. The van der Waals surface area contributed by atoms with E-state index in [0.29, 0.717) is 26.7 Å². The molecule has 0 spiro atoms. The van der Waals surface area contributed by atoms with Gasteiger partial charge in [0.15, 0.2) is 5.13 Å². The minimum Gasteiger partial charge on any atom is -0.508 e. The van der Waals surface area contributed by atoms with Gasteiger partial charge in [0.25, 0.3) is 5.78 Å². The van der Waals surface area contributed by atoms with Crippen LogP contribution in [0.5, 0.6) is 5.75 Å². The summed E-state index contributed by atoms with van der Waals surface area (Å²) in [6.07, 6.45) is 0. The average molecular weight is 497 g/mol. The third-order valence-corrected chi connectivity index (χ3v) is 6.78. The monoisotopic (exact) mass is 496 g/mol. The van der Waals surface area contributed by atoms with Crippen LogP contribution in [0.1, 0.15) is 17.2 Å². The molecule has 1 saturated heterocycles. The predicted molar refractivity (Wildman–Crippen MR) is 129 cm³/mol. The van der Waals surface area contributed by atoms with Crippen molar-refractivity contribution in [2.75, 3.05) is 4.90 Å². The number of fused-ring (bicyclic) bond motifs is 1. The van der Waals surface area contributed by atoms with Gasteiger partial charge in [-0.3, -0.25) is 14.5 Å². The maximum absolute atomic E-state index is 13.2. The van der Waals surface area contributed by atoms with Crippen LogP contribution in [0.3, 0.4) is 0 Å². The minimum atomic E-state index is -0.958.